The molecule has 1 atom stereocenters. The van der Waals surface area contributed by atoms with Gasteiger partial charge >= 0.3 is 0 Å². The molecule has 1 aliphatic rings. The van der Waals surface area contributed by atoms with E-state index in [0.29, 0.717) is 18.0 Å². The van der Waals surface area contributed by atoms with Crippen molar-refractivity contribution < 1.29 is 9.53 Å². The Morgan fingerprint density at radius 1 is 1.19 bits per heavy atom. The van der Waals surface area contributed by atoms with Crippen molar-refractivity contribution in [3.63, 3.8) is 0 Å². The zero-order valence-electron chi connectivity index (χ0n) is 14.2. The van der Waals surface area contributed by atoms with Crippen LogP contribution >= 0.6 is 0 Å². The van der Waals surface area contributed by atoms with Crippen molar-refractivity contribution in [1.82, 2.24) is 24.6 Å². The van der Waals surface area contributed by atoms with Gasteiger partial charge in [-0.05, 0) is 37.1 Å². The SMILES string of the molecule is O=C(c1cccc(-n2cccn2)c1)N1CCCC(Oc2ccncn2)C1. The van der Waals surface area contributed by atoms with Crippen molar-refractivity contribution in [3.05, 3.63) is 66.9 Å². The Kier molecular flexibility index (Phi) is 4.59. The van der Waals surface area contributed by atoms with Crippen LogP contribution in [0.25, 0.3) is 5.69 Å². The number of carbonyl (C=O) groups excluding carboxylic acids is 1. The molecule has 3 heterocycles. The van der Waals surface area contributed by atoms with E-state index >= 15 is 0 Å². The van der Waals surface area contributed by atoms with E-state index in [-0.39, 0.29) is 12.0 Å². The molecular weight excluding hydrogens is 330 g/mol. The molecule has 2 aromatic heterocycles. The Labute approximate surface area is 151 Å². The number of ether oxygens (including phenoxy) is 1. The molecule has 1 fully saturated rings. The Balaban J connectivity index is 1.47. The van der Waals surface area contributed by atoms with E-state index in [1.807, 2.05) is 41.4 Å². The third-order valence-electron chi connectivity index (χ3n) is 4.37. The smallest absolute Gasteiger partial charge is 0.254 e. The lowest BCUT2D eigenvalue weighted by molar-refractivity contribution is 0.0527. The van der Waals surface area contributed by atoms with Crippen LogP contribution in [-0.4, -0.2) is 49.7 Å². The van der Waals surface area contributed by atoms with Crippen LogP contribution in [0.4, 0.5) is 0 Å². The van der Waals surface area contributed by atoms with E-state index in [1.165, 1.54) is 6.33 Å². The highest BCUT2D eigenvalue weighted by Gasteiger charge is 2.26. The Morgan fingerprint density at radius 2 is 2.15 bits per heavy atom. The summed E-state index contributed by atoms with van der Waals surface area (Å²) in [6.07, 6.45) is 8.43. The van der Waals surface area contributed by atoms with Crippen LogP contribution in [0.1, 0.15) is 23.2 Å². The number of likely N-dealkylation sites (tertiary alicyclic amines) is 1. The highest BCUT2D eigenvalue weighted by atomic mass is 16.5. The number of benzene rings is 1. The van der Waals surface area contributed by atoms with Gasteiger partial charge in [0.2, 0.25) is 5.88 Å². The van der Waals surface area contributed by atoms with Gasteiger partial charge in [-0.15, -0.1) is 0 Å². The fourth-order valence-corrected chi connectivity index (χ4v) is 3.12. The molecule has 0 bridgehead atoms. The van der Waals surface area contributed by atoms with E-state index in [1.54, 1.807) is 23.1 Å². The predicted molar refractivity (Wildman–Crippen MR) is 95.1 cm³/mol. The monoisotopic (exact) mass is 349 g/mol. The average Bonchev–Trinajstić information content (AvgIpc) is 3.23. The van der Waals surface area contributed by atoms with E-state index < -0.39 is 0 Å². The Hall–Kier alpha value is -3.22. The van der Waals surface area contributed by atoms with Gasteiger partial charge in [0, 0.05) is 36.8 Å². The second-order valence-corrected chi connectivity index (χ2v) is 6.18. The van der Waals surface area contributed by atoms with Crippen LogP contribution in [0.15, 0.2) is 61.3 Å². The molecule has 1 aliphatic heterocycles. The van der Waals surface area contributed by atoms with Gasteiger partial charge in [-0.3, -0.25) is 4.79 Å². The topological polar surface area (TPSA) is 73.1 Å². The highest BCUT2D eigenvalue weighted by molar-refractivity contribution is 5.94. The molecular formula is C19H19N5O2. The molecule has 3 aromatic rings. The summed E-state index contributed by atoms with van der Waals surface area (Å²) < 4.78 is 7.64. The molecule has 4 rings (SSSR count). The third kappa shape index (κ3) is 3.56. The summed E-state index contributed by atoms with van der Waals surface area (Å²) in [4.78, 5) is 22.8. The van der Waals surface area contributed by atoms with E-state index in [9.17, 15) is 4.79 Å². The van der Waals surface area contributed by atoms with Gasteiger partial charge in [-0.25, -0.2) is 14.6 Å². The van der Waals surface area contributed by atoms with Gasteiger partial charge in [0.1, 0.15) is 12.4 Å². The standard InChI is InChI=1S/C19H19N5O2/c25-19(15-4-1-5-16(12-15)24-11-3-8-22-24)23-10-2-6-17(13-23)26-18-7-9-20-14-21-18/h1,3-5,7-9,11-12,14,17H,2,6,10,13H2. The molecule has 0 aliphatic carbocycles. The zero-order valence-corrected chi connectivity index (χ0v) is 14.2. The first kappa shape index (κ1) is 16.3. The predicted octanol–water partition coefficient (Wildman–Crippen LogP) is 2.35. The molecule has 26 heavy (non-hydrogen) atoms. The van der Waals surface area contributed by atoms with Crippen LogP contribution < -0.4 is 4.74 Å². The minimum Gasteiger partial charge on any atom is -0.472 e. The fraction of sp³-hybridized carbons (Fsp3) is 0.263. The first-order chi connectivity index (χ1) is 12.8. The number of hydrogen-bond acceptors (Lipinski definition) is 5. The summed E-state index contributed by atoms with van der Waals surface area (Å²) in [6.45, 7) is 1.28. The lowest BCUT2D eigenvalue weighted by atomic mass is 10.1. The summed E-state index contributed by atoms with van der Waals surface area (Å²) in [5, 5.41) is 4.22. The van der Waals surface area contributed by atoms with Gasteiger partial charge in [0.25, 0.3) is 5.91 Å². The van der Waals surface area contributed by atoms with Crippen LogP contribution in [0.5, 0.6) is 5.88 Å². The van der Waals surface area contributed by atoms with Gasteiger partial charge < -0.3 is 9.64 Å². The molecule has 7 nitrogen and oxygen atoms in total. The number of rotatable bonds is 4. The molecule has 0 spiro atoms. The van der Waals surface area contributed by atoms with Crippen molar-refractivity contribution in [2.75, 3.05) is 13.1 Å². The maximum atomic E-state index is 12.9. The molecule has 1 aromatic carbocycles. The maximum Gasteiger partial charge on any atom is 0.254 e. The second-order valence-electron chi connectivity index (χ2n) is 6.18. The number of hydrogen-bond donors (Lipinski definition) is 0. The molecule has 1 saturated heterocycles. The van der Waals surface area contributed by atoms with Crippen LogP contribution in [0.2, 0.25) is 0 Å². The molecule has 0 saturated carbocycles. The van der Waals surface area contributed by atoms with Crippen molar-refractivity contribution >= 4 is 5.91 Å². The van der Waals surface area contributed by atoms with Crippen molar-refractivity contribution in [1.29, 1.82) is 0 Å². The minimum absolute atomic E-state index is 0.00925. The van der Waals surface area contributed by atoms with Gasteiger partial charge in [0.15, 0.2) is 0 Å². The normalized spacial score (nSPS) is 17.1. The summed E-state index contributed by atoms with van der Waals surface area (Å²) in [6, 6.07) is 11.1. The first-order valence-corrected chi connectivity index (χ1v) is 8.61. The number of carbonyl (C=O) groups is 1. The van der Waals surface area contributed by atoms with Crippen LogP contribution in [-0.2, 0) is 0 Å². The maximum absolute atomic E-state index is 12.9. The van der Waals surface area contributed by atoms with Gasteiger partial charge in [-0.1, -0.05) is 6.07 Å². The zero-order chi connectivity index (χ0) is 17.8. The second kappa shape index (κ2) is 7.35. The number of nitrogens with zero attached hydrogens (tertiary/aromatic N) is 5. The summed E-state index contributed by atoms with van der Waals surface area (Å²) in [5.74, 6) is 0.551. The number of amides is 1. The van der Waals surface area contributed by atoms with E-state index in [2.05, 4.69) is 15.1 Å². The lowest BCUT2D eigenvalue weighted by Crippen LogP contribution is -2.44. The van der Waals surface area contributed by atoms with E-state index in [4.69, 9.17) is 4.74 Å². The Bertz CT molecular complexity index is 867. The molecule has 0 N–H and O–H groups in total. The largest absolute Gasteiger partial charge is 0.472 e. The quantitative estimate of drug-likeness (QED) is 0.723. The minimum atomic E-state index is -0.0584. The van der Waals surface area contributed by atoms with Crippen molar-refractivity contribution in [3.8, 4) is 11.6 Å². The van der Waals surface area contributed by atoms with Crippen molar-refractivity contribution in [2.24, 2.45) is 0 Å². The first-order valence-electron chi connectivity index (χ1n) is 8.61. The summed E-state index contributed by atoms with van der Waals surface area (Å²) >= 11 is 0. The summed E-state index contributed by atoms with van der Waals surface area (Å²) in [7, 11) is 0. The molecule has 132 valence electrons. The van der Waals surface area contributed by atoms with Gasteiger partial charge in [-0.2, -0.15) is 5.10 Å². The Morgan fingerprint density at radius 3 is 2.96 bits per heavy atom. The molecule has 7 heteroatoms. The van der Waals surface area contributed by atoms with Gasteiger partial charge in [0.05, 0.1) is 12.2 Å². The summed E-state index contributed by atoms with van der Waals surface area (Å²) in [5.41, 5.74) is 1.52. The lowest BCUT2D eigenvalue weighted by Gasteiger charge is -2.32. The third-order valence-corrected chi connectivity index (χ3v) is 4.37. The molecule has 1 unspecified atom stereocenters. The molecule has 1 amide bonds. The average molecular weight is 349 g/mol. The fourth-order valence-electron chi connectivity index (χ4n) is 3.12. The molecule has 0 radical (unpaired) electrons. The number of aromatic nitrogens is 4. The van der Waals surface area contributed by atoms with Crippen molar-refractivity contribution in [2.45, 2.75) is 18.9 Å². The highest BCUT2D eigenvalue weighted by Crippen LogP contribution is 2.19. The van der Waals surface area contributed by atoms with Crippen LogP contribution in [0, 0.1) is 0 Å². The van der Waals surface area contributed by atoms with Crippen LogP contribution in [0.3, 0.4) is 0 Å². The van der Waals surface area contributed by atoms with E-state index in [0.717, 1.165) is 25.1 Å². The number of piperidine rings is 1.